The first kappa shape index (κ1) is 43.9. The number of guanidine groups is 2. The van der Waals surface area contributed by atoms with Crippen molar-refractivity contribution in [3.63, 3.8) is 0 Å². The lowest BCUT2D eigenvalue weighted by Gasteiger charge is -2.33. The van der Waals surface area contributed by atoms with Crippen LogP contribution >= 0.6 is 0 Å². The third kappa shape index (κ3) is 15.9. The molecule has 1 aliphatic rings. The van der Waals surface area contributed by atoms with E-state index in [-0.39, 0.29) is 49.7 Å². The number of ether oxygens (including phenoxy) is 2. The van der Waals surface area contributed by atoms with Crippen molar-refractivity contribution >= 4 is 35.5 Å². The van der Waals surface area contributed by atoms with E-state index in [1.807, 2.05) is 19.1 Å². The van der Waals surface area contributed by atoms with Gasteiger partial charge in [-0.15, -0.1) is 0 Å². The van der Waals surface area contributed by atoms with Crippen LogP contribution in [0, 0.1) is 5.92 Å². The van der Waals surface area contributed by atoms with Crippen molar-refractivity contribution in [2.45, 2.75) is 103 Å². The van der Waals surface area contributed by atoms with Gasteiger partial charge in [0.25, 0.3) is 11.8 Å². The number of nitrogens with two attached hydrogens (primary N) is 6. The number of aliphatic imine (C=N–C) groups is 2. The topological polar surface area (TPSA) is 292 Å². The van der Waals surface area contributed by atoms with Crippen LogP contribution in [-0.4, -0.2) is 73.9 Å². The quantitative estimate of drug-likeness (QED) is 0.0325. The largest absolute Gasteiger partial charge is 0.483 e. The minimum absolute atomic E-state index is 0.0194. The Balaban J connectivity index is 2.47. The fourth-order valence-corrected chi connectivity index (χ4v) is 6.19. The van der Waals surface area contributed by atoms with Crippen molar-refractivity contribution in [2.24, 2.45) is 50.3 Å². The Hall–Kier alpha value is -5.28. The molecule has 16 heteroatoms. The summed E-state index contributed by atoms with van der Waals surface area (Å²) >= 11 is 0. The van der Waals surface area contributed by atoms with Gasteiger partial charge in [0.1, 0.15) is 23.6 Å². The summed E-state index contributed by atoms with van der Waals surface area (Å²) in [6, 6.07) is 1.90. The second kappa shape index (κ2) is 22.6. The van der Waals surface area contributed by atoms with Gasteiger partial charge in [0, 0.05) is 24.6 Å². The molecule has 0 spiro atoms. The lowest BCUT2D eigenvalue weighted by Crippen LogP contribution is -2.46. The molecule has 294 valence electrons. The van der Waals surface area contributed by atoms with E-state index in [1.54, 1.807) is 0 Å². The Bertz CT molecular complexity index is 1440. The highest BCUT2D eigenvalue weighted by Crippen LogP contribution is 2.47. The third-order valence-electron chi connectivity index (χ3n) is 8.91. The highest BCUT2D eigenvalue weighted by Gasteiger charge is 2.32. The van der Waals surface area contributed by atoms with E-state index in [0.29, 0.717) is 36.3 Å². The molecular weight excluding hydrogens is 680 g/mol. The number of primary amides is 2. The number of carbonyl (C=O) groups excluding carboxylic acids is 4. The van der Waals surface area contributed by atoms with Gasteiger partial charge in [-0.3, -0.25) is 29.2 Å². The Morgan fingerprint density at radius 3 is 1.74 bits per heavy atom. The highest BCUT2D eigenvalue weighted by atomic mass is 16.5. The van der Waals surface area contributed by atoms with Gasteiger partial charge in [-0.25, -0.2) is 0 Å². The van der Waals surface area contributed by atoms with Crippen molar-refractivity contribution in [3.05, 3.63) is 47.1 Å². The third-order valence-corrected chi connectivity index (χ3v) is 8.91. The zero-order chi connectivity index (χ0) is 39.5. The van der Waals surface area contributed by atoms with E-state index >= 15 is 0 Å². The summed E-state index contributed by atoms with van der Waals surface area (Å²) in [6.07, 6.45) is 8.76. The van der Waals surface area contributed by atoms with E-state index in [1.165, 1.54) is 5.57 Å². The van der Waals surface area contributed by atoms with E-state index in [9.17, 15) is 19.2 Å². The molecule has 53 heavy (non-hydrogen) atoms. The molecule has 0 bridgehead atoms. The Morgan fingerprint density at radius 1 is 0.830 bits per heavy atom. The molecule has 0 saturated carbocycles. The summed E-state index contributed by atoms with van der Waals surface area (Å²) in [5, 5.41) is 5.31. The first-order valence-corrected chi connectivity index (χ1v) is 18.2. The fraction of sp³-hybridized carbons (Fsp3) is 0.568. The van der Waals surface area contributed by atoms with E-state index < -0.39 is 48.9 Å². The maximum absolute atomic E-state index is 13.2. The molecule has 1 aliphatic carbocycles. The average molecular weight is 741 g/mol. The number of aryl methyl sites for hydroxylation is 1. The number of nitrogens with one attached hydrogen (secondary N) is 2. The standard InChI is InChI=1S/C37H60N10O6/c1-5-6-7-10-24-18-29(52-20-31(48)46-27(34(38)50)11-8-15-44-36(40)41)33(26-17-23(4)13-14-25(26)22(2)3)30(19-24)53-21-32(49)47-28(35(39)51)12-9-16-45-37(42)43/h17-19,25-28H,2,5-16,20-21H2,1,3-4H3,(H2,38,50)(H2,39,51)(H,46,48)(H,47,49)(H4,40,41,44)(H4,42,43,45)/t25-,26+,27-,28-/m0/s1. The van der Waals surface area contributed by atoms with Gasteiger partial charge < -0.3 is 54.5 Å². The predicted octanol–water partition coefficient (Wildman–Crippen LogP) is 1.24. The van der Waals surface area contributed by atoms with Gasteiger partial charge in [0.15, 0.2) is 25.1 Å². The zero-order valence-corrected chi connectivity index (χ0v) is 31.5. The Morgan fingerprint density at radius 2 is 1.32 bits per heavy atom. The molecular formula is C37H60N10O6. The molecule has 16 nitrogen and oxygen atoms in total. The minimum Gasteiger partial charge on any atom is -0.483 e. The molecule has 0 fully saturated rings. The molecule has 0 aromatic heterocycles. The number of rotatable bonds is 24. The van der Waals surface area contributed by atoms with Crippen LogP contribution in [0.15, 0.2) is 45.9 Å². The predicted molar refractivity (Wildman–Crippen MR) is 207 cm³/mol. The zero-order valence-electron chi connectivity index (χ0n) is 31.5. The van der Waals surface area contributed by atoms with Crippen LogP contribution in [0.25, 0.3) is 0 Å². The summed E-state index contributed by atoms with van der Waals surface area (Å²) in [5.41, 5.74) is 36.3. The van der Waals surface area contributed by atoms with E-state index in [4.69, 9.17) is 43.9 Å². The number of nitrogens with zero attached hydrogens (tertiary/aromatic N) is 2. The second-order valence-corrected chi connectivity index (χ2v) is 13.5. The molecule has 0 radical (unpaired) electrons. The van der Waals surface area contributed by atoms with Gasteiger partial charge in [-0.05, 0) is 88.8 Å². The molecule has 1 aromatic carbocycles. The summed E-state index contributed by atoms with van der Waals surface area (Å²) in [7, 11) is 0. The number of carbonyl (C=O) groups is 4. The van der Waals surface area contributed by atoms with Crippen LogP contribution in [0.4, 0.5) is 0 Å². The number of hydrogen-bond donors (Lipinski definition) is 8. The van der Waals surface area contributed by atoms with Crippen molar-refractivity contribution in [3.8, 4) is 11.5 Å². The van der Waals surface area contributed by atoms with Crippen LogP contribution in [0.3, 0.4) is 0 Å². The van der Waals surface area contributed by atoms with Gasteiger partial charge >= 0.3 is 0 Å². The highest BCUT2D eigenvalue weighted by molar-refractivity contribution is 5.88. The molecule has 14 N–H and O–H groups in total. The summed E-state index contributed by atoms with van der Waals surface area (Å²) in [6.45, 7) is 10.1. The first-order valence-electron chi connectivity index (χ1n) is 18.2. The molecule has 2 rings (SSSR count). The van der Waals surface area contributed by atoms with Crippen LogP contribution < -0.4 is 54.5 Å². The molecule has 0 aliphatic heterocycles. The maximum atomic E-state index is 13.2. The number of allylic oxidation sites excluding steroid dienone is 3. The number of benzene rings is 1. The Labute approximate surface area is 312 Å². The summed E-state index contributed by atoms with van der Waals surface area (Å²) < 4.78 is 12.5. The fourth-order valence-electron chi connectivity index (χ4n) is 6.19. The van der Waals surface area contributed by atoms with Crippen LogP contribution in [-0.2, 0) is 25.6 Å². The normalized spacial score (nSPS) is 16.2. The van der Waals surface area contributed by atoms with Crippen molar-refractivity contribution < 1.29 is 28.7 Å². The molecule has 1 aromatic rings. The lowest BCUT2D eigenvalue weighted by atomic mass is 9.73. The SMILES string of the molecule is C=C(C)[C@@H]1CCC(C)=C[C@H]1c1c(OCC(=O)N[C@@H](CCCN=C(N)N)C(N)=O)cc(CCCCC)cc1OCC(=O)N[C@@H](CCCN=C(N)N)C(N)=O. The molecule has 0 saturated heterocycles. The molecule has 4 atom stereocenters. The monoisotopic (exact) mass is 740 g/mol. The number of hydrogen-bond acceptors (Lipinski definition) is 8. The number of unbranched alkanes of at least 4 members (excludes halogenated alkanes) is 2. The Kier molecular flexibility index (Phi) is 18.7. The van der Waals surface area contributed by atoms with E-state index in [2.05, 4.69) is 47.1 Å². The maximum Gasteiger partial charge on any atom is 0.258 e. The first-order chi connectivity index (χ1) is 25.1. The smallest absolute Gasteiger partial charge is 0.258 e. The lowest BCUT2D eigenvalue weighted by molar-refractivity contribution is -0.128. The minimum atomic E-state index is -0.954. The van der Waals surface area contributed by atoms with Gasteiger partial charge in [-0.2, -0.15) is 0 Å². The van der Waals surface area contributed by atoms with Crippen molar-refractivity contribution in [2.75, 3.05) is 26.3 Å². The molecule has 4 amide bonds. The molecule has 0 heterocycles. The van der Waals surface area contributed by atoms with Crippen LogP contribution in [0.2, 0.25) is 0 Å². The van der Waals surface area contributed by atoms with E-state index in [0.717, 1.165) is 43.2 Å². The molecule has 0 unspecified atom stereocenters. The average Bonchev–Trinajstić information content (AvgIpc) is 3.08. The van der Waals surface area contributed by atoms with Crippen molar-refractivity contribution in [1.29, 1.82) is 0 Å². The van der Waals surface area contributed by atoms with Crippen LogP contribution in [0.1, 0.15) is 95.6 Å². The number of amides is 4. The van der Waals surface area contributed by atoms with Gasteiger partial charge in [0.2, 0.25) is 11.8 Å². The second-order valence-electron chi connectivity index (χ2n) is 13.5. The van der Waals surface area contributed by atoms with Gasteiger partial charge in [-0.1, -0.05) is 43.6 Å². The summed E-state index contributed by atoms with van der Waals surface area (Å²) in [4.78, 5) is 58.5. The van der Waals surface area contributed by atoms with Gasteiger partial charge in [0.05, 0.1) is 0 Å². The summed E-state index contributed by atoms with van der Waals surface area (Å²) in [5.74, 6) is -2.06. The van der Waals surface area contributed by atoms with Crippen LogP contribution in [0.5, 0.6) is 11.5 Å². The van der Waals surface area contributed by atoms with Crippen molar-refractivity contribution in [1.82, 2.24) is 10.6 Å².